The van der Waals surface area contributed by atoms with E-state index in [2.05, 4.69) is 15.9 Å². The lowest BCUT2D eigenvalue weighted by Gasteiger charge is -2.34. The van der Waals surface area contributed by atoms with Crippen LogP contribution in [0, 0.1) is 0 Å². The van der Waals surface area contributed by atoms with E-state index in [0.29, 0.717) is 0 Å². The molecular formula is C21H31N5O2S2. The Bertz CT molecular complexity index is 847. The lowest BCUT2D eigenvalue weighted by atomic mass is 10.1. The normalized spacial score (nSPS) is 18.9. The van der Waals surface area contributed by atoms with Gasteiger partial charge in [0.25, 0.3) is 0 Å². The molecule has 0 bridgehead atoms. The number of anilines is 1. The van der Waals surface area contributed by atoms with Crippen LogP contribution in [0.1, 0.15) is 19.3 Å². The Morgan fingerprint density at radius 1 is 1.23 bits per heavy atom. The quantitative estimate of drug-likeness (QED) is 0.621. The van der Waals surface area contributed by atoms with Gasteiger partial charge in [0, 0.05) is 38.5 Å². The second kappa shape index (κ2) is 10.2. The zero-order chi connectivity index (χ0) is 20.9. The number of hydrogen-bond donors (Lipinski definition) is 1. The van der Waals surface area contributed by atoms with Gasteiger partial charge in [-0.15, -0.1) is 11.8 Å². The fourth-order valence-corrected chi connectivity index (χ4v) is 5.96. The highest BCUT2D eigenvalue weighted by Gasteiger charge is 2.24. The number of rotatable bonds is 8. The predicted octanol–water partition coefficient (Wildman–Crippen LogP) is 2.46. The maximum Gasteiger partial charge on any atom is 0.240 e. The maximum atomic E-state index is 12.3. The van der Waals surface area contributed by atoms with Gasteiger partial charge in [-0.1, -0.05) is 17.8 Å². The molecule has 0 saturated carbocycles. The number of piperazine rings is 1. The number of nitrogens with two attached hydrogens (primary N) is 1. The topological polar surface area (TPSA) is 74.9 Å². The first-order valence-corrected chi connectivity index (χ1v) is 12.6. The fourth-order valence-electron chi connectivity index (χ4n) is 3.96. The number of thiazole rings is 1. The number of benzene rings is 1. The summed E-state index contributed by atoms with van der Waals surface area (Å²) in [4.78, 5) is 23.9. The standard InChI is InChI=1S/C21H31N5O2S2/c1-28-16-5-6-18-19(14-16)30-21(23-18)25-10-8-24(9-11-25)7-3-2-4-17(22)20(27)26-12-13-29-15-26/h5-6,14,17H,2-4,7-13,15,22H2,1H3/t17-/m0/s1. The molecule has 0 radical (unpaired) electrons. The number of methoxy groups -OCH3 is 1. The van der Waals surface area contributed by atoms with Crippen LogP contribution in [0.4, 0.5) is 5.13 Å². The van der Waals surface area contributed by atoms with Gasteiger partial charge >= 0.3 is 0 Å². The molecule has 4 rings (SSSR count). The molecule has 0 spiro atoms. The van der Waals surface area contributed by atoms with E-state index in [4.69, 9.17) is 15.5 Å². The monoisotopic (exact) mass is 449 g/mol. The van der Waals surface area contributed by atoms with Crippen LogP contribution in [0.5, 0.6) is 5.75 Å². The number of nitrogens with zero attached hydrogens (tertiary/aromatic N) is 4. The first kappa shape index (κ1) is 21.7. The number of ether oxygens (including phenoxy) is 1. The van der Waals surface area contributed by atoms with Gasteiger partial charge in [0.05, 0.1) is 29.2 Å². The van der Waals surface area contributed by atoms with Crippen molar-refractivity contribution < 1.29 is 9.53 Å². The first-order chi connectivity index (χ1) is 14.6. The molecule has 9 heteroatoms. The van der Waals surface area contributed by atoms with Crippen molar-refractivity contribution in [2.45, 2.75) is 25.3 Å². The van der Waals surface area contributed by atoms with Crippen LogP contribution < -0.4 is 15.4 Å². The Balaban J connectivity index is 1.17. The van der Waals surface area contributed by atoms with Crippen molar-refractivity contribution >= 4 is 44.4 Å². The molecule has 2 aromatic rings. The van der Waals surface area contributed by atoms with Crippen LogP contribution in [0.3, 0.4) is 0 Å². The Hall–Kier alpha value is -1.55. The summed E-state index contributed by atoms with van der Waals surface area (Å²) in [5, 5.41) is 1.10. The zero-order valence-corrected chi connectivity index (χ0v) is 19.2. The van der Waals surface area contributed by atoms with Crippen molar-refractivity contribution in [1.82, 2.24) is 14.8 Å². The number of aromatic nitrogens is 1. The largest absolute Gasteiger partial charge is 0.497 e. The maximum absolute atomic E-state index is 12.3. The third-order valence-electron chi connectivity index (χ3n) is 5.85. The van der Waals surface area contributed by atoms with Gasteiger partial charge in [-0.05, 0) is 37.6 Å². The Kier molecular flexibility index (Phi) is 7.35. The molecule has 1 amide bonds. The molecule has 164 valence electrons. The molecule has 0 aliphatic carbocycles. The van der Waals surface area contributed by atoms with Gasteiger partial charge in [0.15, 0.2) is 5.13 Å². The van der Waals surface area contributed by atoms with Crippen molar-refractivity contribution in [3.63, 3.8) is 0 Å². The second-order valence-electron chi connectivity index (χ2n) is 7.90. The predicted molar refractivity (Wildman–Crippen MR) is 126 cm³/mol. The minimum absolute atomic E-state index is 0.127. The summed E-state index contributed by atoms with van der Waals surface area (Å²) in [5.74, 6) is 2.85. The zero-order valence-electron chi connectivity index (χ0n) is 17.6. The first-order valence-electron chi connectivity index (χ1n) is 10.7. The molecule has 3 heterocycles. The van der Waals surface area contributed by atoms with Crippen LogP contribution in [-0.4, -0.2) is 84.7 Å². The van der Waals surface area contributed by atoms with E-state index in [1.807, 2.05) is 17.0 Å². The third kappa shape index (κ3) is 5.19. The van der Waals surface area contributed by atoms with Gasteiger partial charge in [-0.25, -0.2) is 4.98 Å². The molecular weight excluding hydrogens is 418 g/mol. The van der Waals surface area contributed by atoms with Crippen LogP contribution >= 0.6 is 23.1 Å². The average Bonchev–Trinajstić information content (AvgIpc) is 3.46. The summed E-state index contributed by atoms with van der Waals surface area (Å²) < 4.78 is 6.49. The SMILES string of the molecule is COc1ccc2nc(N3CCN(CCCC[C@H](N)C(=O)N4CCSC4)CC3)sc2c1. The van der Waals surface area contributed by atoms with Crippen molar-refractivity contribution in [3.05, 3.63) is 18.2 Å². The van der Waals surface area contributed by atoms with Gasteiger partial charge < -0.3 is 20.3 Å². The summed E-state index contributed by atoms with van der Waals surface area (Å²) in [6.07, 6.45) is 2.89. The highest BCUT2D eigenvalue weighted by Crippen LogP contribution is 2.31. The molecule has 2 fully saturated rings. The Morgan fingerprint density at radius 3 is 2.80 bits per heavy atom. The number of hydrogen-bond acceptors (Lipinski definition) is 8. The van der Waals surface area contributed by atoms with Gasteiger partial charge in [0.2, 0.25) is 5.91 Å². The molecule has 2 saturated heterocycles. The van der Waals surface area contributed by atoms with E-state index in [1.165, 1.54) is 4.70 Å². The summed E-state index contributed by atoms with van der Waals surface area (Å²) in [5.41, 5.74) is 7.15. The smallest absolute Gasteiger partial charge is 0.240 e. The summed E-state index contributed by atoms with van der Waals surface area (Å²) >= 11 is 3.54. The van der Waals surface area contributed by atoms with E-state index in [0.717, 1.165) is 86.6 Å². The van der Waals surface area contributed by atoms with E-state index in [-0.39, 0.29) is 11.9 Å². The van der Waals surface area contributed by atoms with Crippen LogP contribution in [-0.2, 0) is 4.79 Å². The number of fused-ring (bicyclic) bond motifs is 1. The fraction of sp³-hybridized carbons (Fsp3) is 0.619. The van der Waals surface area contributed by atoms with Crippen molar-refractivity contribution in [2.75, 3.05) is 62.9 Å². The molecule has 2 aliphatic heterocycles. The van der Waals surface area contributed by atoms with Crippen LogP contribution in [0.2, 0.25) is 0 Å². The minimum atomic E-state index is -0.335. The molecule has 0 unspecified atom stereocenters. The van der Waals surface area contributed by atoms with E-state index in [1.54, 1.807) is 30.2 Å². The second-order valence-corrected chi connectivity index (χ2v) is 9.98. The van der Waals surface area contributed by atoms with Crippen molar-refractivity contribution in [1.29, 1.82) is 0 Å². The number of carbonyl (C=O) groups is 1. The lowest BCUT2D eigenvalue weighted by molar-refractivity contribution is -0.131. The Morgan fingerprint density at radius 2 is 2.07 bits per heavy atom. The molecule has 30 heavy (non-hydrogen) atoms. The minimum Gasteiger partial charge on any atom is -0.497 e. The summed E-state index contributed by atoms with van der Waals surface area (Å²) in [6.45, 7) is 6.03. The highest BCUT2D eigenvalue weighted by molar-refractivity contribution is 7.99. The number of thioether (sulfide) groups is 1. The molecule has 2 aliphatic rings. The van der Waals surface area contributed by atoms with E-state index in [9.17, 15) is 4.79 Å². The summed E-state index contributed by atoms with van der Waals surface area (Å²) in [6, 6.07) is 5.72. The number of carbonyl (C=O) groups excluding carboxylic acids is 1. The molecule has 1 atom stereocenters. The van der Waals surface area contributed by atoms with Gasteiger partial charge in [-0.2, -0.15) is 0 Å². The van der Waals surface area contributed by atoms with Crippen molar-refractivity contribution in [2.24, 2.45) is 5.73 Å². The van der Waals surface area contributed by atoms with Crippen LogP contribution in [0.25, 0.3) is 10.2 Å². The molecule has 1 aromatic carbocycles. The van der Waals surface area contributed by atoms with Gasteiger partial charge in [0.1, 0.15) is 5.75 Å². The molecule has 7 nitrogen and oxygen atoms in total. The number of amides is 1. The third-order valence-corrected chi connectivity index (χ3v) is 7.89. The molecule has 2 N–H and O–H groups in total. The molecule has 1 aromatic heterocycles. The lowest BCUT2D eigenvalue weighted by Crippen LogP contribution is -2.46. The Labute approximate surface area is 186 Å². The van der Waals surface area contributed by atoms with E-state index >= 15 is 0 Å². The van der Waals surface area contributed by atoms with E-state index < -0.39 is 0 Å². The van der Waals surface area contributed by atoms with Gasteiger partial charge in [-0.3, -0.25) is 9.69 Å². The summed E-state index contributed by atoms with van der Waals surface area (Å²) in [7, 11) is 1.70. The van der Waals surface area contributed by atoms with Crippen LogP contribution in [0.15, 0.2) is 18.2 Å². The van der Waals surface area contributed by atoms with Crippen molar-refractivity contribution in [3.8, 4) is 5.75 Å². The number of unbranched alkanes of at least 4 members (excludes halogenated alkanes) is 1. The average molecular weight is 450 g/mol. The highest BCUT2D eigenvalue weighted by atomic mass is 32.2.